The number of sulfonamides is 1. The molecular weight excluding hydrogens is 332 g/mol. The number of carbonyl (C=O) groups is 1. The summed E-state index contributed by atoms with van der Waals surface area (Å²) in [5, 5.41) is 9.16. The van der Waals surface area contributed by atoms with Gasteiger partial charge in [0.05, 0.1) is 10.8 Å². The van der Waals surface area contributed by atoms with E-state index in [1.54, 1.807) is 26.0 Å². The molecule has 1 aromatic carbocycles. The highest BCUT2D eigenvalue weighted by Gasteiger charge is 2.40. The van der Waals surface area contributed by atoms with Crippen molar-refractivity contribution in [2.24, 2.45) is 11.8 Å². The molecule has 1 N–H and O–H groups in total. The average molecular weight is 350 g/mol. The van der Waals surface area contributed by atoms with E-state index < -0.39 is 21.9 Å². The second-order valence-corrected chi connectivity index (χ2v) is 7.96. The highest BCUT2D eigenvalue weighted by molar-refractivity contribution is 7.89. The van der Waals surface area contributed by atoms with E-state index in [4.69, 9.17) is 9.52 Å². The Labute approximate surface area is 140 Å². The third kappa shape index (κ3) is 2.94. The molecule has 1 fully saturated rings. The van der Waals surface area contributed by atoms with E-state index in [0.29, 0.717) is 11.6 Å². The van der Waals surface area contributed by atoms with E-state index in [9.17, 15) is 13.2 Å². The van der Waals surface area contributed by atoms with Crippen molar-refractivity contribution in [3.05, 3.63) is 36.4 Å². The lowest BCUT2D eigenvalue weighted by Crippen LogP contribution is -2.30. The number of oxazole rings is 1. The molecule has 0 unspecified atom stereocenters. The lowest BCUT2D eigenvalue weighted by atomic mass is 9.99. The van der Waals surface area contributed by atoms with Crippen molar-refractivity contribution in [3.63, 3.8) is 0 Å². The molecule has 1 saturated heterocycles. The number of rotatable bonds is 4. The molecule has 2 atom stereocenters. The van der Waals surface area contributed by atoms with Crippen molar-refractivity contribution in [3.8, 4) is 11.3 Å². The van der Waals surface area contributed by atoms with E-state index in [2.05, 4.69) is 4.98 Å². The van der Waals surface area contributed by atoms with Gasteiger partial charge < -0.3 is 9.52 Å². The summed E-state index contributed by atoms with van der Waals surface area (Å²) in [6.45, 7) is 3.70. The minimum atomic E-state index is -3.71. The second kappa shape index (κ2) is 6.03. The summed E-state index contributed by atoms with van der Waals surface area (Å²) in [6.07, 6.45) is 1.51. The summed E-state index contributed by atoms with van der Waals surface area (Å²) in [4.78, 5) is 15.5. The molecule has 1 aromatic heterocycles. The average Bonchev–Trinajstić information content (AvgIpc) is 3.14. The molecule has 0 amide bonds. The minimum absolute atomic E-state index is 0.00304. The first kappa shape index (κ1) is 16.7. The van der Waals surface area contributed by atoms with Gasteiger partial charge in [0.25, 0.3) is 0 Å². The zero-order valence-electron chi connectivity index (χ0n) is 13.3. The fourth-order valence-corrected chi connectivity index (χ4v) is 4.45. The Hall–Kier alpha value is -2.19. The largest absolute Gasteiger partial charge is 0.481 e. The molecule has 2 aromatic rings. The van der Waals surface area contributed by atoms with Crippen LogP contribution in [0.15, 0.2) is 39.8 Å². The Kier molecular flexibility index (Phi) is 4.18. The molecule has 0 aliphatic carbocycles. The fourth-order valence-electron chi connectivity index (χ4n) is 2.88. The number of benzene rings is 1. The molecule has 0 bridgehead atoms. The second-order valence-electron chi connectivity index (χ2n) is 6.02. The topological polar surface area (TPSA) is 101 Å². The van der Waals surface area contributed by atoms with Crippen molar-refractivity contribution >= 4 is 16.0 Å². The Morgan fingerprint density at radius 2 is 1.96 bits per heavy atom. The first-order valence-corrected chi connectivity index (χ1v) is 8.98. The van der Waals surface area contributed by atoms with Gasteiger partial charge in [-0.2, -0.15) is 4.31 Å². The van der Waals surface area contributed by atoms with Crippen molar-refractivity contribution in [1.29, 1.82) is 0 Å². The molecule has 0 radical (unpaired) electrons. The van der Waals surface area contributed by atoms with E-state index in [1.165, 1.54) is 22.7 Å². The van der Waals surface area contributed by atoms with Gasteiger partial charge in [0.2, 0.25) is 10.0 Å². The summed E-state index contributed by atoms with van der Waals surface area (Å²) in [7, 11) is -3.71. The number of hydrogen-bond donors (Lipinski definition) is 1. The van der Waals surface area contributed by atoms with Gasteiger partial charge in [0.1, 0.15) is 12.0 Å². The van der Waals surface area contributed by atoms with Crippen molar-refractivity contribution < 1.29 is 22.7 Å². The minimum Gasteiger partial charge on any atom is -0.481 e. The number of carboxylic acid groups (broad SMARTS) is 1. The Morgan fingerprint density at radius 3 is 2.46 bits per heavy atom. The van der Waals surface area contributed by atoms with Crippen molar-refractivity contribution in [1.82, 2.24) is 9.29 Å². The van der Waals surface area contributed by atoms with Crippen LogP contribution >= 0.6 is 0 Å². The van der Waals surface area contributed by atoms with Crippen LogP contribution in [0.25, 0.3) is 11.3 Å². The predicted octanol–water partition coefficient (Wildman–Crippen LogP) is 1.99. The maximum Gasteiger partial charge on any atom is 0.308 e. The van der Waals surface area contributed by atoms with Gasteiger partial charge in [-0.25, -0.2) is 13.4 Å². The summed E-state index contributed by atoms with van der Waals surface area (Å²) >= 11 is 0. The zero-order valence-corrected chi connectivity index (χ0v) is 14.2. The van der Waals surface area contributed by atoms with Crippen molar-refractivity contribution in [2.75, 3.05) is 13.1 Å². The molecule has 1 aliphatic heterocycles. The summed E-state index contributed by atoms with van der Waals surface area (Å²) in [5.74, 6) is -1.31. The molecule has 7 nitrogen and oxygen atoms in total. The van der Waals surface area contributed by atoms with Gasteiger partial charge in [0, 0.05) is 25.6 Å². The molecule has 0 spiro atoms. The predicted molar refractivity (Wildman–Crippen MR) is 85.7 cm³/mol. The lowest BCUT2D eigenvalue weighted by Gasteiger charge is -2.16. The van der Waals surface area contributed by atoms with Crippen LogP contribution in [0, 0.1) is 18.8 Å². The summed E-state index contributed by atoms with van der Waals surface area (Å²) < 4.78 is 31.8. The normalized spacial score (nSPS) is 21.9. The fraction of sp³-hybridized carbons (Fsp3) is 0.375. The van der Waals surface area contributed by atoms with Crippen LogP contribution in [0.4, 0.5) is 0 Å². The van der Waals surface area contributed by atoms with Gasteiger partial charge in [0.15, 0.2) is 5.89 Å². The molecule has 128 valence electrons. The van der Waals surface area contributed by atoms with Crippen LogP contribution in [0.5, 0.6) is 0 Å². The Balaban J connectivity index is 1.84. The molecule has 0 saturated carbocycles. The number of nitrogens with zero attached hydrogens (tertiary/aromatic N) is 2. The van der Waals surface area contributed by atoms with Gasteiger partial charge in [-0.15, -0.1) is 0 Å². The van der Waals surface area contributed by atoms with Crippen LogP contribution in [0.3, 0.4) is 0 Å². The van der Waals surface area contributed by atoms with E-state index in [-0.39, 0.29) is 23.9 Å². The third-order valence-corrected chi connectivity index (χ3v) is 6.15. The van der Waals surface area contributed by atoms with Crippen LogP contribution in [0.1, 0.15) is 12.8 Å². The Morgan fingerprint density at radius 1 is 1.29 bits per heavy atom. The maximum atomic E-state index is 12.7. The molecule has 3 rings (SSSR count). The number of carboxylic acids is 1. The molecule has 24 heavy (non-hydrogen) atoms. The van der Waals surface area contributed by atoms with Gasteiger partial charge in [-0.05, 0) is 18.1 Å². The molecule has 8 heteroatoms. The third-order valence-electron chi connectivity index (χ3n) is 4.30. The van der Waals surface area contributed by atoms with E-state index in [0.717, 1.165) is 5.56 Å². The summed E-state index contributed by atoms with van der Waals surface area (Å²) in [5.41, 5.74) is 1.39. The first-order valence-electron chi connectivity index (χ1n) is 7.54. The van der Waals surface area contributed by atoms with Gasteiger partial charge in [-0.3, -0.25) is 4.79 Å². The van der Waals surface area contributed by atoms with E-state index in [1.807, 2.05) is 0 Å². The highest BCUT2D eigenvalue weighted by atomic mass is 32.2. The highest BCUT2D eigenvalue weighted by Crippen LogP contribution is 2.29. The molecular formula is C16H18N2O5S. The van der Waals surface area contributed by atoms with Crippen LogP contribution in [-0.2, 0) is 14.8 Å². The van der Waals surface area contributed by atoms with Gasteiger partial charge >= 0.3 is 5.97 Å². The Bertz CT molecular complexity index is 857. The SMILES string of the molecule is Cc1nc(-c2ccc(S(=O)(=O)N3C[C@@H](C)[C@H](C(=O)O)C3)cc2)co1. The quantitative estimate of drug-likeness (QED) is 0.905. The standard InChI is InChI=1S/C16H18N2O5S/c1-10-7-18(8-14(10)16(19)20)24(21,22)13-5-3-12(4-6-13)15-9-23-11(2)17-15/h3-6,9-10,14H,7-8H2,1-2H3,(H,19,20)/t10-,14-/m1/s1. The molecule has 1 aliphatic rings. The number of hydrogen-bond acceptors (Lipinski definition) is 5. The van der Waals surface area contributed by atoms with Crippen LogP contribution < -0.4 is 0 Å². The summed E-state index contributed by atoms with van der Waals surface area (Å²) in [6, 6.07) is 6.34. The van der Waals surface area contributed by atoms with Crippen LogP contribution in [-0.4, -0.2) is 41.9 Å². The number of aliphatic carboxylic acids is 1. The van der Waals surface area contributed by atoms with Crippen LogP contribution in [0.2, 0.25) is 0 Å². The van der Waals surface area contributed by atoms with E-state index >= 15 is 0 Å². The van der Waals surface area contributed by atoms with Gasteiger partial charge in [-0.1, -0.05) is 19.1 Å². The monoisotopic (exact) mass is 350 g/mol. The van der Waals surface area contributed by atoms with Crippen molar-refractivity contribution in [2.45, 2.75) is 18.7 Å². The first-order chi connectivity index (χ1) is 11.3. The maximum absolute atomic E-state index is 12.7. The zero-order chi connectivity index (χ0) is 17.5. The lowest BCUT2D eigenvalue weighted by molar-refractivity contribution is -0.142. The number of aromatic nitrogens is 1. The number of aryl methyl sites for hydroxylation is 1. The molecule has 2 heterocycles. The smallest absolute Gasteiger partial charge is 0.308 e.